The van der Waals surface area contributed by atoms with Gasteiger partial charge in [0.15, 0.2) is 0 Å². The average molecular weight is 231 g/mol. The molecule has 1 heterocycles. The molecule has 1 N–H and O–H groups in total. The van der Waals surface area contributed by atoms with E-state index in [1.165, 1.54) is 5.56 Å². The highest BCUT2D eigenvalue weighted by molar-refractivity contribution is 5.08. The van der Waals surface area contributed by atoms with E-state index in [0.717, 1.165) is 32.4 Å². The van der Waals surface area contributed by atoms with Crippen molar-refractivity contribution in [3.63, 3.8) is 0 Å². The molecule has 3 nitrogen and oxygen atoms in total. The quantitative estimate of drug-likeness (QED) is 0.734. The van der Waals surface area contributed by atoms with E-state index >= 15 is 0 Å². The van der Waals surface area contributed by atoms with E-state index in [2.05, 4.69) is 22.4 Å². The van der Waals surface area contributed by atoms with Crippen LogP contribution in [0.15, 0.2) is 24.5 Å². The second kappa shape index (κ2) is 7.03. The molecular formula is C14H21N3. The van der Waals surface area contributed by atoms with E-state index in [0.29, 0.717) is 0 Å². The SMILES string of the molecule is CC(C)(C#N)CCCNCCc1cccnc1. The number of nitrogens with one attached hydrogen (secondary N) is 1. The van der Waals surface area contributed by atoms with E-state index < -0.39 is 0 Å². The first-order valence-electron chi connectivity index (χ1n) is 6.15. The summed E-state index contributed by atoms with van der Waals surface area (Å²) in [4.78, 5) is 4.08. The smallest absolute Gasteiger partial charge is 0.0683 e. The fraction of sp³-hybridized carbons (Fsp3) is 0.571. The zero-order valence-electron chi connectivity index (χ0n) is 10.7. The normalized spacial score (nSPS) is 11.1. The monoisotopic (exact) mass is 231 g/mol. The molecule has 0 atom stereocenters. The van der Waals surface area contributed by atoms with Crippen LogP contribution in [0.2, 0.25) is 0 Å². The van der Waals surface area contributed by atoms with E-state index in [-0.39, 0.29) is 5.41 Å². The maximum atomic E-state index is 8.87. The van der Waals surface area contributed by atoms with Crippen LogP contribution < -0.4 is 5.32 Å². The Morgan fingerprint density at radius 2 is 2.24 bits per heavy atom. The third-order valence-corrected chi connectivity index (χ3v) is 2.77. The van der Waals surface area contributed by atoms with Crippen LogP contribution in [-0.4, -0.2) is 18.1 Å². The molecule has 1 aromatic rings. The summed E-state index contributed by atoms with van der Waals surface area (Å²) in [5.41, 5.74) is 1.07. The van der Waals surface area contributed by atoms with E-state index in [1.807, 2.05) is 26.1 Å². The predicted octanol–water partition coefficient (Wildman–Crippen LogP) is 2.54. The van der Waals surface area contributed by atoms with Gasteiger partial charge in [0.2, 0.25) is 0 Å². The van der Waals surface area contributed by atoms with Gasteiger partial charge in [-0.2, -0.15) is 5.26 Å². The molecule has 0 saturated heterocycles. The lowest BCUT2D eigenvalue weighted by atomic mass is 9.90. The standard InChI is InChI=1S/C14H21N3/c1-14(2,12-15)7-4-9-16-10-6-13-5-3-8-17-11-13/h3,5,8,11,16H,4,6-7,9-10H2,1-2H3. The van der Waals surface area contributed by atoms with Crippen molar-refractivity contribution < 1.29 is 0 Å². The third-order valence-electron chi connectivity index (χ3n) is 2.77. The van der Waals surface area contributed by atoms with Crippen molar-refractivity contribution in [1.29, 1.82) is 5.26 Å². The van der Waals surface area contributed by atoms with Crippen molar-refractivity contribution >= 4 is 0 Å². The molecule has 0 aromatic carbocycles. The molecule has 0 unspecified atom stereocenters. The lowest BCUT2D eigenvalue weighted by Gasteiger charge is -2.14. The number of nitriles is 1. The number of nitrogens with zero attached hydrogens (tertiary/aromatic N) is 2. The minimum absolute atomic E-state index is 0.189. The van der Waals surface area contributed by atoms with E-state index in [9.17, 15) is 0 Å². The summed E-state index contributed by atoms with van der Waals surface area (Å²) in [7, 11) is 0. The number of hydrogen-bond donors (Lipinski definition) is 1. The summed E-state index contributed by atoms with van der Waals surface area (Å²) in [6, 6.07) is 6.38. The van der Waals surface area contributed by atoms with E-state index in [1.54, 1.807) is 6.20 Å². The Morgan fingerprint density at radius 1 is 1.41 bits per heavy atom. The van der Waals surface area contributed by atoms with Crippen LogP contribution in [0.5, 0.6) is 0 Å². The van der Waals surface area contributed by atoms with Crippen molar-refractivity contribution in [2.45, 2.75) is 33.1 Å². The van der Waals surface area contributed by atoms with Crippen molar-refractivity contribution in [2.75, 3.05) is 13.1 Å². The first kappa shape index (κ1) is 13.7. The second-order valence-electron chi connectivity index (χ2n) is 4.96. The Morgan fingerprint density at radius 3 is 2.88 bits per heavy atom. The van der Waals surface area contributed by atoms with Crippen molar-refractivity contribution in [3.8, 4) is 6.07 Å². The average Bonchev–Trinajstić information content (AvgIpc) is 2.35. The molecule has 0 amide bonds. The summed E-state index contributed by atoms with van der Waals surface area (Å²) in [6.45, 7) is 5.93. The molecule has 92 valence electrons. The fourth-order valence-corrected chi connectivity index (χ4v) is 1.61. The number of hydrogen-bond acceptors (Lipinski definition) is 3. The minimum Gasteiger partial charge on any atom is -0.316 e. The molecule has 1 rings (SSSR count). The fourth-order valence-electron chi connectivity index (χ4n) is 1.61. The second-order valence-corrected chi connectivity index (χ2v) is 4.96. The van der Waals surface area contributed by atoms with Crippen molar-refractivity contribution in [2.24, 2.45) is 5.41 Å². The van der Waals surface area contributed by atoms with Gasteiger partial charge < -0.3 is 5.32 Å². The summed E-state index contributed by atoms with van der Waals surface area (Å²) >= 11 is 0. The summed E-state index contributed by atoms with van der Waals surface area (Å²) in [5.74, 6) is 0. The molecule has 0 fully saturated rings. The first-order valence-corrected chi connectivity index (χ1v) is 6.15. The Balaban J connectivity index is 2.04. The maximum Gasteiger partial charge on any atom is 0.0683 e. The zero-order chi connectivity index (χ0) is 12.6. The van der Waals surface area contributed by atoms with Gasteiger partial charge >= 0.3 is 0 Å². The van der Waals surface area contributed by atoms with Gasteiger partial charge in [0, 0.05) is 12.4 Å². The number of rotatable bonds is 7. The molecule has 0 aliphatic heterocycles. The minimum atomic E-state index is -0.189. The topological polar surface area (TPSA) is 48.7 Å². The molecule has 17 heavy (non-hydrogen) atoms. The van der Waals surface area contributed by atoms with Gasteiger partial charge in [-0.05, 0) is 57.8 Å². The molecule has 0 saturated carbocycles. The molecule has 0 bridgehead atoms. The molecular weight excluding hydrogens is 210 g/mol. The number of aromatic nitrogens is 1. The Labute approximate surface area is 104 Å². The maximum absolute atomic E-state index is 8.87. The molecule has 3 heteroatoms. The lowest BCUT2D eigenvalue weighted by Crippen LogP contribution is -2.20. The van der Waals surface area contributed by atoms with Crippen LogP contribution in [-0.2, 0) is 6.42 Å². The highest BCUT2D eigenvalue weighted by atomic mass is 14.8. The van der Waals surface area contributed by atoms with Gasteiger partial charge in [-0.3, -0.25) is 4.98 Å². The summed E-state index contributed by atoms with van der Waals surface area (Å²) in [5, 5.41) is 12.3. The van der Waals surface area contributed by atoms with Crippen LogP contribution in [0.4, 0.5) is 0 Å². The molecule has 0 spiro atoms. The summed E-state index contributed by atoms with van der Waals surface area (Å²) < 4.78 is 0. The largest absolute Gasteiger partial charge is 0.316 e. The molecule has 0 aliphatic carbocycles. The third kappa shape index (κ3) is 6.03. The summed E-state index contributed by atoms with van der Waals surface area (Å²) in [6.07, 6.45) is 6.70. The Hall–Kier alpha value is -1.40. The van der Waals surface area contributed by atoms with Crippen LogP contribution in [0.1, 0.15) is 32.3 Å². The van der Waals surface area contributed by atoms with Gasteiger partial charge in [0.05, 0.1) is 11.5 Å². The zero-order valence-corrected chi connectivity index (χ0v) is 10.7. The highest BCUT2D eigenvalue weighted by Crippen LogP contribution is 2.19. The van der Waals surface area contributed by atoms with E-state index in [4.69, 9.17) is 5.26 Å². The van der Waals surface area contributed by atoms with Crippen LogP contribution in [0.25, 0.3) is 0 Å². The van der Waals surface area contributed by atoms with Gasteiger partial charge in [0.1, 0.15) is 0 Å². The van der Waals surface area contributed by atoms with Crippen molar-refractivity contribution in [3.05, 3.63) is 30.1 Å². The van der Waals surface area contributed by atoms with Crippen LogP contribution >= 0.6 is 0 Å². The first-order chi connectivity index (χ1) is 8.14. The van der Waals surface area contributed by atoms with Gasteiger partial charge in [-0.1, -0.05) is 6.07 Å². The Kier molecular flexibility index (Phi) is 5.65. The van der Waals surface area contributed by atoms with Gasteiger partial charge in [-0.15, -0.1) is 0 Å². The van der Waals surface area contributed by atoms with Crippen LogP contribution in [0.3, 0.4) is 0 Å². The number of pyridine rings is 1. The highest BCUT2D eigenvalue weighted by Gasteiger charge is 2.14. The van der Waals surface area contributed by atoms with Crippen molar-refractivity contribution in [1.82, 2.24) is 10.3 Å². The molecule has 1 aromatic heterocycles. The molecule has 0 aliphatic rings. The van der Waals surface area contributed by atoms with Gasteiger partial charge in [-0.25, -0.2) is 0 Å². The van der Waals surface area contributed by atoms with Gasteiger partial charge in [0.25, 0.3) is 0 Å². The predicted molar refractivity (Wildman–Crippen MR) is 69.4 cm³/mol. The van der Waals surface area contributed by atoms with Crippen LogP contribution in [0, 0.1) is 16.7 Å². The lowest BCUT2D eigenvalue weighted by molar-refractivity contribution is 0.426. The molecule has 0 radical (unpaired) electrons. The Bertz CT molecular complexity index is 351.